The highest BCUT2D eigenvalue weighted by atomic mass is 16.5. The van der Waals surface area contributed by atoms with E-state index in [1.165, 1.54) is 13.8 Å². The van der Waals surface area contributed by atoms with Crippen LogP contribution in [0.15, 0.2) is 48.5 Å². The molecule has 2 aromatic carbocycles. The number of carbonyl (C=O) groups is 2. The van der Waals surface area contributed by atoms with Crippen molar-refractivity contribution >= 4 is 11.9 Å². The second-order valence-electron chi connectivity index (χ2n) is 5.59. The van der Waals surface area contributed by atoms with Gasteiger partial charge in [-0.25, -0.2) is 0 Å². The van der Waals surface area contributed by atoms with Crippen LogP contribution in [0.5, 0.6) is 11.5 Å². The van der Waals surface area contributed by atoms with Crippen molar-refractivity contribution in [1.82, 2.24) is 0 Å². The summed E-state index contributed by atoms with van der Waals surface area (Å²) in [5.74, 6) is 0.456. The molecule has 0 aliphatic rings. The highest BCUT2D eigenvalue weighted by Crippen LogP contribution is 2.14. The van der Waals surface area contributed by atoms with Crippen molar-refractivity contribution in [2.75, 3.05) is 13.2 Å². The Morgan fingerprint density at radius 2 is 1.04 bits per heavy atom. The van der Waals surface area contributed by atoms with Crippen molar-refractivity contribution < 1.29 is 23.8 Å². The maximum Gasteiger partial charge on any atom is 0.308 e. The third-order valence-electron chi connectivity index (χ3n) is 3.44. The normalized spacial score (nSPS) is 10.3. The molecule has 0 fully saturated rings. The highest BCUT2D eigenvalue weighted by molar-refractivity contribution is 5.69. The number of benzene rings is 2. The molecule has 5 nitrogen and oxygen atoms in total. The SMILES string of the molecule is CC(=O)Oc1ccc(CCOCCc2ccc(OC(C)=O)cc2)cc1. The molecule has 25 heavy (non-hydrogen) atoms. The lowest BCUT2D eigenvalue weighted by atomic mass is 10.1. The Kier molecular flexibility index (Phi) is 7.16. The second-order valence-corrected chi connectivity index (χ2v) is 5.59. The molecule has 132 valence electrons. The first kappa shape index (κ1) is 18.7. The molecule has 0 heterocycles. The summed E-state index contributed by atoms with van der Waals surface area (Å²) in [4.78, 5) is 21.7. The van der Waals surface area contributed by atoms with Gasteiger partial charge in [0.25, 0.3) is 0 Å². The topological polar surface area (TPSA) is 61.8 Å². The minimum absolute atomic E-state index is 0.322. The first-order valence-corrected chi connectivity index (χ1v) is 8.15. The Bertz CT molecular complexity index is 628. The van der Waals surface area contributed by atoms with E-state index in [1.807, 2.05) is 24.3 Å². The number of hydrogen-bond acceptors (Lipinski definition) is 5. The largest absolute Gasteiger partial charge is 0.427 e. The van der Waals surface area contributed by atoms with E-state index in [4.69, 9.17) is 14.2 Å². The van der Waals surface area contributed by atoms with Crippen molar-refractivity contribution in [3.63, 3.8) is 0 Å². The molecule has 5 heteroatoms. The van der Waals surface area contributed by atoms with Crippen LogP contribution in [0.1, 0.15) is 25.0 Å². The fraction of sp³-hybridized carbons (Fsp3) is 0.300. The fourth-order valence-electron chi connectivity index (χ4n) is 2.26. The molecule has 0 atom stereocenters. The van der Waals surface area contributed by atoms with E-state index >= 15 is 0 Å². The summed E-state index contributed by atoms with van der Waals surface area (Å²) in [7, 11) is 0. The molecule has 0 bridgehead atoms. The highest BCUT2D eigenvalue weighted by Gasteiger charge is 2.01. The van der Waals surface area contributed by atoms with Gasteiger partial charge in [0.2, 0.25) is 0 Å². The third kappa shape index (κ3) is 7.18. The molecule has 2 rings (SSSR count). The molecule has 0 saturated carbocycles. The number of ether oxygens (including phenoxy) is 3. The quantitative estimate of drug-likeness (QED) is 0.418. The molecule has 0 radical (unpaired) electrons. The second kappa shape index (κ2) is 9.59. The zero-order valence-corrected chi connectivity index (χ0v) is 14.5. The molecule has 0 aliphatic carbocycles. The molecule has 0 saturated heterocycles. The van der Waals surface area contributed by atoms with E-state index in [-0.39, 0.29) is 11.9 Å². The number of carbonyl (C=O) groups excluding carboxylic acids is 2. The molecule has 0 amide bonds. The first-order valence-electron chi connectivity index (χ1n) is 8.15. The van der Waals surface area contributed by atoms with E-state index in [0.717, 1.165) is 24.0 Å². The van der Waals surface area contributed by atoms with Gasteiger partial charge in [-0.05, 0) is 48.2 Å². The van der Waals surface area contributed by atoms with E-state index < -0.39 is 0 Å². The van der Waals surface area contributed by atoms with Crippen molar-refractivity contribution in [3.8, 4) is 11.5 Å². The van der Waals surface area contributed by atoms with Crippen molar-refractivity contribution in [2.45, 2.75) is 26.7 Å². The van der Waals surface area contributed by atoms with E-state index in [9.17, 15) is 9.59 Å². The summed E-state index contributed by atoms with van der Waals surface area (Å²) in [5, 5.41) is 0. The molecule has 0 N–H and O–H groups in total. The molecule has 0 unspecified atom stereocenters. The summed E-state index contributed by atoms with van der Waals surface area (Å²) < 4.78 is 15.6. The fourth-order valence-corrected chi connectivity index (χ4v) is 2.26. The van der Waals surface area contributed by atoms with Crippen molar-refractivity contribution in [2.24, 2.45) is 0 Å². The van der Waals surface area contributed by atoms with Gasteiger partial charge in [0.1, 0.15) is 11.5 Å². The Balaban J connectivity index is 1.66. The standard InChI is InChI=1S/C20H22O5/c1-15(21)24-19-7-3-17(4-8-19)11-13-23-14-12-18-5-9-20(10-6-18)25-16(2)22/h3-10H,11-14H2,1-2H3. The molecule has 0 spiro atoms. The van der Waals surface area contributed by atoms with E-state index in [0.29, 0.717) is 24.7 Å². The summed E-state index contributed by atoms with van der Waals surface area (Å²) >= 11 is 0. The summed E-state index contributed by atoms with van der Waals surface area (Å²) in [6.07, 6.45) is 1.59. The monoisotopic (exact) mass is 342 g/mol. The van der Waals surface area contributed by atoms with Crippen LogP contribution in [-0.2, 0) is 27.2 Å². The van der Waals surface area contributed by atoms with Gasteiger partial charge in [-0.3, -0.25) is 9.59 Å². The first-order chi connectivity index (χ1) is 12.0. The summed E-state index contributed by atoms with van der Waals surface area (Å²) in [6.45, 7) is 4.01. The van der Waals surface area contributed by atoms with Crippen molar-refractivity contribution in [1.29, 1.82) is 0 Å². The van der Waals surface area contributed by atoms with Crippen LogP contribution >= 0.6 is 0 Å². The van der Waals surface area contributed by atoms with Gasteiger partial charge >= 0.3 is 11.9 Å². The smallest absolute Gasteiger partial charge is 0.308 e. The molecule has 0 aliphatic heterocycles. The average molecular weight is 342 g/mol. The van der Waals surface area contributed by atoms with E-state index in [1.54, 1.807) is 24.3 Å². The lowest BCUT2D eigenvalue weighted by Gasteiger charge is -2.07. The summed E-state index contributed by atoms with van der Waals surface area (Å²) in [6, 6.07) is 14.8. The molecular weight excluding hydrogens is 320 g/mol. The van der Waals surface area contributed by atoms with Gasteiger partial charge in [-0.2, -0.15) is 0 Å². The number of rotatable bonds is 8. The minimum Gasteiger partial charge on any atom is -0.427 e. The maximum absolute atomic E-state index is 10.9. The van der Waals surface area contributed by atoms with Crippen LogP contribution in [0.4, 0.5) is 0 Å². The van der Waals surface area contributed by atoms with Gasteiger partial charge in [0, 0.05) is 13.8 Å². The zero-order valence-electron chi connectivity index (χ0n) is 14.5. The maximum atomic E-state index is 10.9. The van der Waals surface area contributed by atoms with Crippen LogP contribution in [0.2, 0.25) is 0 Å². The predicted molar refractivity (Wildman–Crippen MR) is 93.7 cm³/mol. The lowest BCUT2D eigenvalue weighted by molar-refractivity contribution is -0.132. The van der Waals surface area contributed by atoms with Crippen LogP contribution in [0.3, 0.4) is 0 Å². The van der Waals surface area contributed by atoms with Crippen LogP contribution in [-0.4, -0.2) is 25.2 Å². The lowest BCUT2D eigenvalue weighted by Crippen LogP contribution is -2.04. The Labute approximate surface area is 147 Å². The van der Waals surface area contributed by atoms with Gasteiger partial charge in [-0.1, -0.05) is 24.3 Å². The third-order valence-corrected chi connectivity index (χ3v) is 3.44. The number of esters is 2. The molecular formula is C20H22O5. The predicted octanol–water partition coefficient (Wildman–Crippen LogP) is 3.34. The van der Waals surface area contributed by atoms with Gasteiger partial charge in [0.05, 0.1) is 13.2 Å². The molecule has 2 aromatic rings. The van der Waals surface area contributed by atoms with Gasteiger partial charge < -0.3 is 14.2 Å². The zero-order chi connectivity index (χ0) is 18.1. The van der Waals surface area contributed by atoms with Gasteiger partial charge in [-0.15, -0.1) is 0 Å². The van der Waals surface area contributed by atoms with Gasteiger partial charge in [0.15, 0.2) is 0 Å². The number of hydrogen-bond donors (Lipinski definition) is 0. The Morgan fingerprint density at radius 1 is 0.680 bits per heavy atom. The Hall–Kier alpha value is -2.66. The van der Waals surface area contributed by atoms with Crippen LogP contribution in [0.25, 0.3) is 0 Å². The van der Waals surface area contributed by atoms with E-state index in [2.05, 4.69) is 0 Å². The summed E-state index contributed by atoms with van der Waals surface area (Å²) in [5.41, 5.74) is 2.25. The van der Waals surface area contributed by atoms with Crippen molar-refractivity contribution in [3.05, 3.63) is 59.7 Å². The Morgan fingerprint density at radius 3 is 1.36 bits per heavy atom. The van der Waals surface area contributed by atoms with Crippen LogP contribution in [0, 0.1) is 0 Å². The molecule has 0 aromatic heterocycles. The van der Waals surface area contributed by atoms with Crippen LogP contribution < -0.4 is 9.47 Å². The minimum atomic E-state index is -0.322. The average Bonchev–Trinajstić information content (AvgIpc) is 2.56.